The number of aryl methyl sites for hydroxylation is 1. The smallest absolute Gasteiger partial charge is 0.264 e. The van der Waals surface area contributed by atoms with Crippen molar-refractivity contribution in [1.82, 2.24) is 9.88 Å². The van der Waals surface area contributed by atoms with E-state index in [2.05, 4.69) is 16.0 Å². The molecule has 1 aromatic heterocycles. The van der Waals surface area contributed by atoms with E-state index < -0.39 is 10.0 Å². The van der Waals surface area contributed by atoms with Crippen LogP contribution < -0.4 is 4.31 Å². The van der Waals surface area contributed by atoms with Crippen molar-refractivity contribution in [2.45, 2.75) is 37.2 Å². The van der Waals surface area contributed by atoms with Gasteiger partial charge in [-0.15, -0.1) is 0 Å². The van der Waals surface area contributed by atoms with Gasteiger partial charge in [-0.05, 0) is 55.7 Å². The first kappa shape index (κ1) is 20.6. The van der Waals surface area contributed by atoms with Gasteiger partial charge in [-0.3, -0.25) is 14.2 Å². The molecule has 156 valence electrons. The van der Waals surface area contributed by atoms with E-state index >= 15 is 0 Å². The van der Waals surface area contributed by atoms with E-state index in [4.69, 9.17) is 0 Å². The summed E-state index contributed by atoms with van der Waals surface area (Å²) in [5.74, 6) is 0. The van der Waals surface area contributed by atoms with E-state index in [9.17, 15) is 8.42 Å². The average Bonchev–Trinajstić information content (AvgIpc) is 2.78. The molecule has 2 aromatic carbocycles. The van der Waals surface area contributed by atoms with Crippen LogP contribution in [0.15, 0.2) is 84.0 Å². The number of hydrogen-bond acceptors (Lipinski definition) is 4. The number of piperidine rings is 1. The quantitative estimate of drug-likeness (QED) is 0.597. The summed E-state index contributed by atoms with van der Waals surface area (Å²) in [5.41, 5.74) is 3.03. The molecule has 4 rings (SSSR count). The van der Waals surface area contributed by atoms with Gasteiger partial charge in [-0.2, -0.15) is 0 Å². The van der Waals surface area contributed by atoms with Crippen LogP contribution in [0.4, 0.5) is 5.69 Å². The first-order chi connectivity index (χ1) is 14.5. The largest absolute Gasteiger partial charge is 0.299 e. The van der Waals surface area contributed by atoms with Gasteiger partial charge in [0.2, 0.25) is 0 Å². The van der Waals surface area contributed by atoms with E-state index in [1.54, 1.807) is 34.8 Å². The van der Waals surface area contributed by atoms with E-state index in [0.29, 0.717) is 4.90 Å². The lowest BCUT2D eigenvalue weighted by Gasteiger charge is -2.39. The summed E-state index contributed by atoms with van der Waals surface area (Å²) >= 11 is 0. The third-order valence-corrected chi connectivity index (χ3v) is 7.50. The molecule has 0 unspecified atom stereocenters. The van der Waals surface area contributed by atoms with Crippen LogP contribution in [0.1, 0.15) is 24.0 Å². The first-order valence-corrected chi connectivity index (χ1v) is 11.8. The zero-order chi connectivity index (χ0) is 21.0. The molecular weight excluding hydrogens is 394 g/mol. The second kappa shape index (κ2) is 8.98. The molecule has 0 atom stereocenters. The Hall–Kier alpha value is -2.70. The second-order valence-electron chi connectivity index (χ2n) is 7.82. The zero-order valence-electron chi connectivity index (χ0n) is 17.2. The summed E-state index contributed by atoms with van der Waals surface area (Å²) in [6, 6.07) is 20.5. The Morgan fingerprint density at radius 2 is 1.67 bits per heavy atom. The molecule has 0 amide bonds. The van der Waals surface area contributed by atoms with E-state index in [1.807, 2.05) is 49.5 Å². The Bertz CT molecular complexity index is 1050. The highest BCUT2D eigenvalue weighted by Crippen LogP contribution is 2.31. The Balaban J connectivity index is 1.57. The van der Waals surface area contributed by atoms with Crippen LogP contribution in [0.2, 0.25) is 0 Å². The topological polar surface area (TPSA) is 53.5 Å². The van der Waals surface area contributed by atoms with Crippen molar-refractivity contribution in [3.8, 4) is 0 Å². The number of rotatable bonds is 6. The summed E-state index contributed by atoms with van der Waals surface area (Å²) in [6.07, 6.45) is 5.26. The van der Waals surface area contributed by atoms with Gasteiger partial charge in [0, 0.05) is 38.1 Å². The highest BCUT2D eigenvalue weighted by atomic mass is 32.2. The van der Waals surface area contributed by atoms with Gasteiger partial charge in [-0.25, -0.2) is 8.42 Å². The maximum Gasteiger partial charge on any atom is 0.264 e. The summed E-state index contributed by atoms with van der Waals surface area (Å²) < 4.78 is 28.8. The Kier molecular flexibility index (Phi) is 6.16. The molecule has 0 saturated carbocycles. The van der Waals surface area contributed by atoms with Crippen molar-refractivity contribution in [1.29, 1.82) is 0 Å². The minimum Gasteiger partial charge on any atom is -0.299 e. The fourth-order valence-corrected chi connectivity index (χ4v) is 5.74. The highest BCUT2D eigenvalue weighted by molar-refractivity contribution is 7.92. The third-order valence-electron chi connectivity index (χ3n) is 5.61. The van der Waals surface area contributed by atoms with Crippen molar-refractivity contribution < 1.29 is 8.42 Å². The molecule has 30 heavy (non-hydrogen) atoms. The molecule has 1 aliphatic rings. The van der Waals surface area contributed by atoms with Crippen LogP contribution >= 0.6 is 0 Å². The predicted octanol–water partition coefficient (Wildman–Crippen LogP) is 4.25. The van der Waals surface area contributed by atoms with Crippen molar-refractivity contribution in [2.24, 2.45) is 0 Å². The van der Waals surface area contributed by atoms with Crippen LogP contribution in [-0.4, -0.2) is 37.4 Å². The molecule has 0 radical (unpaired) electrons. The lowest BCUT2D eigenvalue weighted by Crippen LogP contribution is -2.47. The zero-order valence-corrected chi connectivity index (χ0v) is 18.0. The molecule has 0 N–H and O–H groups in total. The molecule has 1 saturated heterocycles. The monoisotopic (exact) mass is 421 g/mol. The highest BCUT2D eigenvalue weighted by Gasteiger charge is 2.34. The number of sulfonamides is 1. The lowest BCUT2D eigenvalue weighted by molar-refractivity contribution is 0.206. The summed E-state index contributed by atoms with van der Waals surface area (Å²) in [6.45, 7) is 4.56. The maximum absolute atomic E-state index is 13.6. The summed E-state index contributed by atoms with van der Waals surface area (Å²) in [5, 5.41) is 0. The molecule has 2 heterocycles. The Morgan fingerprint density at radius 3 is 2.30 bits per heavy atom. The van der Waals surface area contributed by atoms with E-state index in [0.717, 1.165) is 43.7 Å². The molecule has 3 aromatic rings. The van der Waals surface area contributed by atoms with Gasteiger partial charge >= 0.3 is 0 Å². The van der Waals surface area contributed by atoms with Crippen molar-refractivity contribution in [3.63, 3.8) is 0 Å². The van der Waals surface area contributed by atoms with Gasteiger partial charge in [0.05, 0.1) is 10.6 Å². The molecule has 1 aliphatic heterocycles. The fraction of sp³-hybridized carbons (Fsp3) is 0.292. The number of aromatic nitrogens is 1. The van der Waals surface area contributed by atoms with Crippen molar-refractivity contribution in [2.75, 3.05) is 17.4 Å². The maximum atomic E-state index is 13.6. The molecule has 5 nitrogen and oxygen atoms in total. The fourth-order valence-electron chi connectivity index (χ4n) is 4.01. The third kappa shape index (κ3) is 4.55. The predicted molar refractivity (Wildman–Crippen MR) is 120 cm³/mol. The minimum atomic E-state index is -3.64. The molecule has 1 fully saturated rings. The summed E-state index contributed by atoms with van der Waals surface area (Å²) in [7, 11) is -3.64. The Labute approximate surface area is 179 Å². The first-order valence-electron chi connectivity index (χ1n) is 10.3. The van der Waals surface area contributed by atoms with Gasteiger partial charge in [0.15, 0.2) is 0 Å². The molecule has 6 heteroatoms. The van der Waals surface area contributed by atoms with Gasteiger partial charge < -0.3 is 0 Å². The normalized spacial score (nSPS) is 15.8. The van der Waals surface area contributed by atoms with Gasteiger partial charge in [0.25, 0.3) is 10.0 Å². The minimum absolute atomic E-state index is 0.0666. The van der Waals surface area contributed by atoms with Crippen molar-refractivity contribution in [3.05, 3.63) is 90.3 Å². The summed E-state index contributed by atoms with van der Waals surface area (Å²) in [4.78, 5) is 6.90. The number of hydrogen-bond donors (Lipinski definition) is 0. The number of likely N-dealkylation sites (tertiary alicyclic amines) is 1. The van der Waals surface area contributed by atoms with Crippen LogP contribution in [0, 0.1) is 6.92 Å². The van der Waals surface area contributed by atoms with E-state index in [-0.39, 0.29) is 6.04 Å². The van der Waals surface area contributed by atoms with Gasteiger partial charge in [-0.1, -0.05) is 42.0 Å². The van der Waals surface area contributed by atoms with Gasteiger partial charge in [0.1, 0.15) is 0 Å². The lowest BCUT2D eigenvalue weighted by atomic mass is 10.0. The number of anilines is 1. The van der Waals surface area contributed by atoms with Crippen LogP contribution in [0.5, 0.6) is 0 Å². The Morgan fingerprint density at radius 1 is 0.967 bits per heavy atom. The molecule has 0 aliphatic carbocycles. The second-order valence-corrected chi connectivity index (χ2v) is 9.63. The number of benzene rings is 2. The van der Waals surface area contributed by atoms with E-state index in [1.165, 1.54) is 5.56 Å². The van der Waals surface area contributed by atoms with Crippen molar-refractivity contribution >= 4 is 15.7 Å². The van der Waals surface area contributed by atoms with Crippen LogP contribution in [0.3, 0.4) is 0 Å². The number of nitrogens with zero attached hydrogens (tertiary/aromatic N) is 3. The standard InChI is InChI=1S/C24H27N3O2S/c1-20-9-11-22(12-10-20)27(30(28,29)24-7-3-2-4-8-24)23-13-16-26(17-14-23)19-21-6-5-15-25-18-21/h2-12,15,18,23H,13-14,16-17,19H2,1H3. The molecule has 0 spiro atoms. The van der Waals surface area contributed by atoms with Crippen LogP contribution in [0.25, 0.3) is 0 Å². The number of pyridine rings is 1. The SMILES string of the molecule is Cc1ccc(N(C2CCN(Cc3cccnc3)CC2)S(=O)(=O)c2ccccc2)cc1. The average molecular weight is 422 g/mol. The molecule has 0 bridgehead atoms. The molecular formula is C24H27N3O2S. The van der Waals surface area contributed by atoms with Crippen LogP contribution in [-0.2, 0) is 16.6 Å².